The molecule has 4 aromatic rings. The Labute approximate surface area is 159 Å². The number of hydrogen-bond donors (Lipinski definition) is 2. The highest BCUT2D eigenvalue weighted by Crippen LogP contribution is 2.36. The monoisotopic (exact) mass is 385 g/mol. The normalized spacial score (nSPS) is 12.3. The third kappa shape index (κ3) is 3.12. The van der Waals surface area contributed by atoms with Gasteiger partial charge in [-0.1, -0.05) is 47.5 Å². The van der Waals surface area contributed by atoms with Gasteiger partial charge in [-0.2, -0.15) is 0 Å². The molecule has 0 fully saturated rings. The van der Waals surface area contributed by atoms with Gasteiger partial charge in [-0.15, -0.1) is 0 Å². The number of H-pyrrole nitrogens is 1. The van der Waals surface area contributed by atoms with Crippen LogP contribution in [0.1, 0.15) is 17.2 Å². The maximum absolute atomic E-state index is 10.8. The fourth-order valence-electron chi connectivity index (χ4n) is 2.75. The lowest BCUT2D eigenvalue weighted by atomic mass is 10.0. The third-order valence-corrected chi connectivity index (χ3v) is 4.61. The summed E-state index contributed by atoms with van der Waals surface area (Å²) in [6.45, 7) is 0. The number of halogens is 2. The molecule has 2 aromatic heterocycles. The number of nitrogens with one attached hydrogen (secondary N) is 1. The number of para-hydroxylation sites is 1. The van der Waals surface area contributed by atoms with Gasteiger partial charge < -0.3 is 14.8 Å². The zero-order valence-corrected chi connectivity index (χ0v) is 14.9. The fourth-order valence-corrected chi connectivity index (χ4v) is 3.26. The van der Waals surface area contributed by atoms with Crippen LogP contribution < -0.4 is 4.74 Å². The maximum atomic E-state index is 10.8. The number of aliphatic hydroxyl groups excluding tert-OH is 1. The molecular weight excluding hydrogens is 373 g/mol. The lowest BCUT2D eigenvalue weighted by Gasteiger charge is -2.14. The van der Waals surface area contributed by atoms with Gasteiger partial charge in [0.05, 0.1) is 10.4 Å². The minimum Gasteiger partial charge on any atom is -0.457 e. The van der Waals surface area contributed by atoms with Gasteiger partial charge in [0.25, 0.3) is 0 Å². The van der Waals surface area contributed by atoms with Gasteiger partial charge in [0.2, 0.25) is 0 Å². The molecule has 0 spiro atoms. The molecule has 0 bridgehead atoms. The van der Waals surface area contributed by atoms with Crippen LogP contribution in [-0.4, -0.2) is 20.1 Å². The number of fused-ring (bicyclic) bond motifs is 1. The molecule has 1 unspecified atom stereocenters. The second-order valence-electron chi connectivity index (χ2n) is 5.63. The predicted molar refractivity (Wildman–Crippen MR) is 101 cm³/mol. The largest absolute Gasteiger partial charge is 0.457 e. The van der Waals surface area contributed by atoms with Gasteiger partial charge in [-0.3, -0.25) is 0 Å². The topological polar surface area (TPSA) is 71.0 Å². The first-order valence-corrected chi connectivity index (χ1v) is 8.57. The van der Waals surface area contributed by atoms with E-state index < -0.39 is 6.10 Å². The Kier molecular flexibility index (Phi) is 4.51. The highest BCUT2D eigenvalue weighted by Gasteiger charge is 2.20. The number of aromatic nitrogens is 3. The summed E-state index contributed by atoms with van der Waals surface area (Å²) in [4.78, 5) is 11.1. The molecule has 0 aliphatic heterocycles. The average molecular weight is 386 g/mol. The van der Waals surface area contributed by atoms with Crippen molar-refractivity contribution >= 4 is 34.2 Å². The van der Waals surface area contributed by atoms with E-state index in [0.717, 1.165) is 0 Å². The summed E-state index contributed by atoms with van der Waals surface area (Å²) in [6.07, 6.45) is 2.03. The van der Waals surface area contributed by atoms with Gasteiger partial charge in [0, 0.05) is 17.3 Å². The van der Waals surface area contributed by atoms with Crippen molar-refractivity contribution < 1.29 is 9.84 Å². The molecule has 1 atom stereocenters. The minimum absolute atomic E-state index is 0.269. The SMILES string of the molecule is OC(c1ccc(Oc2ccccc2)cc1Cl)c1c[nH]c2ncnc(Cl)c12. The first-order valence-electron chi connectivity index (χ1n) is 7.81. The molecule has 5 nitrogen and oxygen atoms in total. The third-order valence-electron chi connectivity index (χ3n) is 3.99. The van der Waals surface area contributed by atoms with Gasteiger partial charge in [0.1, 0.15) is 34.7 Å². The minimum atomic E-state index is -0.981. The van der Waals surface area contributed by atoms with E-state index in [1.54, 1.807) is 24.4 Å². The van der Waals surface area contributed by atoms with Crippen molar-refractivity contribution in [3.8, 4) is 11.5 Å². The van der Waals surface area contributed by atoms with E-state index in [0.29, 0.717) is 38.7 Å². The van der Waals surface area contributed by atoms with Crippen LogP contribution in [0.3, 0.4) is 0 Å². The van der Waals surface area contributed by atoms with Crippen LogP contribution in [0.2, 0.25) is 10.2 Å². The maximum Gasteiger partial charge on any atom is 0.142 e. The van der Waals surface area contributed by atoms with Crippen LogP contribution in [0.25, 0.3) is 11.0 Å². The zero-order chi connectivity index (χ0) is 18.1. The number of aliphatic hydroxyl groups is 1. The molecule has 0 aliphatic carbocycles. The Morgan fingerprint density at radius 1 is 0.962 bits per heavy atom. The highest BCUT2D eigenvalue weighted by atomic mass is 35.5. The summed E-state index contributed by atoms with van der Waals surface area (Å²) in [5.74, 6) is 1.29. The second kappa shape index (κ2) is 6.96. The van der Waals surface area contributed by atoms with Crippen LogP contribution in [-0.2, 0) is 0 Å². The Hall–Kier alpha value is -2.60. The van der Waals surface area contributed by atoms with Crippen LogP contribution in [0.5, 0.6) is 11.5 Å². The van der Waals surface area contributed by atoms with Crippen LogP contribution >= 0.6 is 23.2 Å². The van der Waals surface area contributed by atoms with Crippen molar-refractivity contribution in [1.29, 1.82) is 0 Å². The molecule has 2 aromatic carbocycles. The Morgan fingerprint density at radius 2 is 1.77 bits per heavy atom. The van der Waals surface area contributed by atoms with Crippen molar-refractivity contribution in [2.45, 2.75) is 6.10 Å². The van der Waals surface area contributed by atoms with Crippen LogP contribution in [0.15, 0.2) is 61.1 Å². The summed E-state index contributed by atoms with van der Waals surface area (Å²) in [5.41, 5.74) is 1.65. The number of rotatable bonds is 4. The summed E-state index contributed by atoms with van der Waals surface area (Å²) in [5, 5.41) is 12.0. The molecule has 0 radical (unpaired) electrons. The summed E-state index contributed by atoms with van der Waals surface area (Å²) >= 11 is 12.5. The fraction of sp³-hybridized carbons (Fsp3) is 0.0526. The van der Waals surface area contributed by atoms with Gasteiger partial charge in [0.15, 0.2) is 0 Å². The molecular formula is C19H13Cl2N3O2. The van der Waals surface area contributed by atoms with Gasteiger partial charge in [-0.05, 0) is 24.3 Å². The Bertz CT molecular complexity index is 1070. The first-order chi connectivity index (χ1) is 12.6. The summed E-state index contributed by atoms with van der Waals surface area (Å²) < 4.78 is 5.76. The second-order valence-corrected chi connectivity index (χ2v) is 6.40. The summed E-state index contributed by atoms with van der Waals surface area (Å²) in [7, 11) is 0. The Morgan fingerprint density at radius 3 is 2.54 bits per heavy atom. The molecule has 4 rings (SSSR count). The standard InChI is InChI=1S/C19H13Cl2N3O2/c20-15-8-12(26-11-4-2-1-3-5-11)6-7-13(15)17(25)14-9-22-19-16(14)18(21)23-10-24-19/h1-10,17,25H,(H,22,23,24). The molecule has 0 aliphatic rings. The van der Waals surface area contributed by atoms with E-state index in [1.165, 1.54) is 6.33 Å². The zero-order valence-electron chi connectivity index (χ0n) is 13.4. The molecule has 2 N–H and O–H groups in total. The van der Waals surface area contributed by atoms with Crippen molar-refractivity contribution in [3.63, 3.8) is 0 Å². The van der Waals surface area contributed by atoms with Gasteiger partial charge in [-0.25, -0.2) is 9.97 Å². The van der Waals surface area contributed by atoms with Crippen LogP contribution in [0.4, 0.5) is 0 Å². The lowest BCUT2D eigenvalue weighted by molar-refractivity contribution is 0.222. The first kappa shape index (κ1) is 16.8. The lowest BCUT2D eigenvalue weighted by Crippen LogP contribution is -2.00. The Balaban J connectivity index is 1.67. The summed E-state index contributed by atoms with van der Waals surface area (Å²) in [6, 6.07) is 14.5. The van der Waals surface area contributed by atoms with Gasteiger partial charge >= 0.3 is 0 Å². The van der Waals surface area contributed by atoms with E-state index in [-0.39, 0.29) is 5.15 Å². The number of ether oxygens (including phenoxy) is 1. The smallest absolute Gasteiger partial charge is 0.142 e. The van der Waals surface area contributed by atoms with Crippen molar-refractivity contribution in [2.24, 2.45) is 0 Å². The van der Waals surface area contributed by atoms with E-state index in [1.807, 2.05) is 30.3 Å². The van der Waals surface area contributed by atoms with E-state index in [4.69, 9.17) is 27.9 Å². The predicted octanol–water partition coefficient (Wildman–Crippen LogP) is 5.14. The molecule has 0 amide bonds. The highest BCUT2D eigenvalue weighted by molar-refractivity contribution is 6.34. The van der Waals surface area contributed by atoms with Crippen LogP contribution in [0, 0.1) is 0 Å². The molecule has 7 heteroatoms. The molecule has 130 valence electrons. The van der Waals surface area contributed by atoms with E-state index >= 15 is 0 Å². The molecule has 0 saturated heterocycles. The number of aromatic amines is 1. The van der Waals surface area contributed by atoms with Crippen molar-refractivity contribution in [3.05, 3.63) is 82.4 Å². The van der Waals surface area contributed by atoms with Crippen molar-refractivity contribution in [2.75, 3.05) is 0 Å². The van der Waals surface area contributed by atoms with Crippen molar-refractivity contribution in [1.82, 2.24) is 15.0 Å². The number of nitrogens with zero attached hydrogens (tertiary/aromatic N) is 2. The van der Waals surface area contributed by atoms with E-state index in [2.05, 4.69) is 15.0 Å². The number of hydrogen-bond acceptors (Lipinski definition) is 4. The quantitative estimate of drug-likeness (QED) is 0.477. The average Bonchev–Trinajstić information content (AvgIpc) is 3.08. The molecule has 0 saturated carbocycles. The molecule has 26 heavy (non-hydrogen) atoms. The van der Waals surface area contributed by atoms with E-state index in [9.17, 15) is 5.11 Å². The molecule has 2 heterocycles. The number of benzene rings is 2.